The molecule has 1 aromatic heterocycles. The number of carbonyl (C=O) groups excluding carboxylic acids is 2. The third-order valence-electron chi connectivity index (χ3n) is 7.65. The molecule has 48 heavy (non-hydrogen) atoms. The summed E-state index contributed by atoms with van der Waals surface area (Å²) in [5.41, 5.74) is 4.88. The highest BCUT2D eigenvalue weighted by molar-refractivity contribution is 9.10. The number of methoxy groups -OCH3 is 2. The first kappa shape index (κ1) is 35.2. The Labute approximate surface area is 297 Å². The number of amides is 1. The largest absolute Gasteiger partial charge is 0.494 e. The molecule has 250 valence electrons. The zero-order chi connectivity index (χ0) is 34.0. The highest BCUT2D eigenvalue weighted by Gasteiger charge is 2.22. The Morgan fingerprint density at radius 2 is 1.85 bits per heavy atom. The molecule has 0 aliphatic carbocycles. The number of halogens is 3. The lowest BCUT2D eigenvalue weighted by atomic mass is 10.0. The fourth-order valence-corrected chi connectivity index (χ4v) is 5.78. The summed E-state index contributed by atoms with van der Waals surface area (Å²) in [4.78, 5) is 30.1. The molecule has 0 saturated carbocycles. The maximum Gasteiger partial charge on any atom is 0.338 e. The van der Waals surface area contributed by atoms with Gasteiger partial charge in [0.15, 0.2) is 0 Å². The topological polar surface area (TPSA) is 108 Å². The van der Waals surface area contributed by atoms with Crippen molar-refractivity contribution in [2.24, 2.45) is 0 Å². The second kappa shape index (κ2) is 16.8. The number of nitrogens with zero attached hydrogens (tertiary/aromatic N) is 1. The van der Waals surface area contributed by atoms with Gasteiger partial charge < -0.3 is 29.6 Å². The highest BCUT2D eigenvalue weighted by atomic mass is 79.9. The maximum absolute atomic E-state index is 13.5. The van der Waals surface area contributed by atoms with E-state index in [-0.39, 0.29) is 18.4 Å². The summed E-state index contributed by atoms with van der Waals surface area (Å²) >= 11 is 15.9. The van der Waals surface area contributed by atoms with Crippen molar-refractivity contribution in [1.82, 2.24) is 4.98 Å². The van der Waals surface area contributed by atoms with Gasteiger partial charge in [0, 0.05) is 28.7 Å². The smallest absolute Gasteiger partial charge is 0.338 e. The Morgan fingerprint density at radius 1 is 1.04 bits per heavy atom. The summed E-state index contributed by atoms with van der Waals surface area (Å²) in [5.74, 6) is -0.0196. The number of benzene rings is 3. The number of allylic oxidation sites excluding steroid dienone is 1. The lowest BCUT2D eigenvalue weighted by Crippen LogP contribution is -2.33. The second-order valence-corrected chi connectivity index (χ2v) is 12.7. The molecule has 1 aliphatic heterocycles. The number of hydrogen-bond acceptors (Lipinski definition) is 8. The molecule has 2 N–H and O–H groups in total. The van der Waals surface area contributed by atoms with Crippen molar-refractivity contribution in [3.05, 3.63) is 115 Å². The van der Waals surface area contributed by atoms with E-state index in [1.165, 1.54) is 14.2 Å². The van der Waals surface area contributed by atoms with Gasteiger partial charge in [-0.3, -0.25) is 4.79 Å². The zero-order valence-corrected chi connectivity index (χ0v) is 29.5. The summed E-state index contributed by atoms with van der Waals surface area (Å²) in [6.45, 7) is 1.52. The monoisotopic (exact) mass is 753 g/mol. The van der Waals surface area contributed by atoms with Gasteiger partial charge >= 0.3 is 5.97 Å². The highest BCUT2D eigenvalue weighted by Crippen LogP contribution is 2.35. The van der Waals surface area contributed by atoms with E-state index in [4.69, 9.17) is 42.1 Å². The molecule has 1 aliphatic rings. The first-order valence-electron chi connectivity index (χ1n) is 15.2. The molecule has 0 bridgehead atoms. The number of pyridine rings is 1. The van der Waals surface area contributed by atoms with Gasteiger partial charge in [0.05, 0.1) is 38.0 Å². The van der Waals surface area contributed by atoms with Crippen LogP contribution in [0.4, 0.5) is 11.4 Å². The number of aromatic nitrogens is 1. The Morgan fingerprint density at radius 3 is 2.58 bits per heavy atom. The van der Waals surface area contributed by atoms with Crippen LogP contribution in [0.25, 0.3) is 6.08 Å². The number of hydrogen-bond donors (Lipinski definition) is 2. The summed E-state index contributed by atoms with van der Waals surface area (Å²) in [6, 6.07) is 19.8. The third-order valence-corrected chi connectivity index (χ3v) is 8.59. The van der Waals surface area contributed by atoms with Crippen LogP contribution in [0.2, 0.25) is 10.2 Å². The lowest BCUT2D eigenvalue weighted by Gasteiger charge is -2.27. The van der Waals surface area contributed by atoms with Crippen molar-refractivity contribution >= 4 is 68.5 Å². The molecule has 9 nitrogen and oxygen atoms in total. The standard InChI is InChI=1S/C36H34BrCl2N3O6/c1-45-31-18-26(36(44)46-2)17-30(40-20-29-13-14-47-29)35(31)42-33(43)19-24-9-11-27(37)15-22(24)5-3-6-23-16-28(38)12-10-25(23)21-48-34-8-4-7-32(39)41-34/h3-5,7-12,15-18,29,40H,6,13-14,19-21H2,1-2H3,(H,42,43)/b5-3+/t29-/m0/s1. The van der Waals surface area contributed by atoms with Gasteiger partial charge in [0.2, 0.25) is 11.8 Å². The predicted molar refractivity (Wildman–Crippen MR) is 191 cm³/mol. The predicted octanol–water partition coefficient (Wildman–Crippen LogP) is 8.16. The van der Waals surface area contributed by atoms with E-state index in [1.54, 1.807) is 30.3 Å². The third kappa shape index (κ3) is 9.50. The Hall–Kier alpha value is -4.09. The molecule has 1 saturated heterocycles. The Bertz CT molecular complexity index is 1810. The number of ether oxygens (including phenoxy) is 4. The minimum absolute atomic E-state index is 0.0499. The zero-order valence-electron chi connectivity index (χ0n) is 26.4. The normalized spacial score (nSPS) is 13.9. The summed E-state index contributed by atoms with van der Waals surface area (Å²) in [5, 5.41) is 7.27. The van der Waals surface area contributed by atoms with Crippen molar-refractivity contribution < 1.29 is 28.5 Å². The number of esters is 1. The molecular weight excluding hydrogens is 721 g/mol. The molecule has 0 unspecified atom stereocenters. The van der Waals surface area contributed by atoms with Crippen LogP contribution in [0, 0.1) is 0 Å². The quantitative estimate of drug-likeness (QED) is 0.0981. The van der Waals surface area contributed by atoms with Crippen LogP contribution in [0.5, 0.6) is 11.6 Å². The van der Waals surface area contributed by atoms with E-state index in [9.17, 15) is 9.59 Å². The summed E-state index contributed by atoms with van der Waals surface area (Å²) in [7, 11) is 2.79. The van der Waals surface area contributed by atoms with Gasteiger partial charge in [0.25, 0.3) is 0 Å². The van der Waals surface area contributed by atoms with E-state index in [0.717, 1.165) is 33.1 Å². The first-order chi connectivity index (χ1) is 23.2. The van der Waals surface area contributed by atoms with Gasteiger partial charge in [-0.05, 0) is 77.6 Å². The lowest BCUT2D eigenvalue weighted by molar-refractivity contribution is -0.115. The van der Waals surface area contributed by atoms with Crippen LogP contribution in [-0.2, 0) is 33.7 Å². The van der Waals surface area contributed by atoms with E-state index >= 15 is 0 Å². The molecule has 1 atom stereocenters. The van der Waals surface area contributed by atoms with E-state index in [2.05, 4.69) is 31.5 Å². The number of carbonyl (C=O) groups is 2. The number of anilines is 2. The molecule has 3 aromatic carbocycles. The van der Waals surface area contributed by atoms with Gasteiger partial charge in [-0.25, -0.2) is 9.78 Å². The van der Waals surface area contributed by atoms with Gasteiger partial charge in [0.1, 0.15) is 23.2 Å². The molecule has 2 heterocycles. The number of rotatable bonds is 14. The van der Waals surface area contributed by atoms with Crippen LogP contribution in [0.3, 0.4) is 0 Å². The van der Waals surface area contributed by atoms with E-state index in [1.807, 2.05) is 48.6 Å². The average Bonchev–Trinajstić information content (AvgIpc) is 3.05. The second-order valence-electron chi connectivity index (χ2n) is 10.9. The fraction of sp³-hybridized carbons (Fsp3) is 0.250. The molecular formula is C36H34BrCl2N3O6. The SMILES string of the molecule is COC(=O)c1cc(NC[C@@H]2CCO2)c(NC(=O)Cc2ccc(Br)cc2/C=C/Cc2cc(Cl)ccc2COc2cccc(Cl)n2)c(OC)c1. The fourth-order valence-electron chi connectivity index (χ4n) is 5.05. The summed E-state index contributed by atoms with van der Waals surface area (Å²) < 4.78 is 22.8. The van der Waals surface area contributed by atoms with Gasteiger partial charge in [-0.2, -0.15) is 0 Å². The Balaban J connectivity index is 1.32. The van der Waals surface area contributed by atoms with Crippen molar-refractivity contribution in [3.8, 4) is 11.6 Å². The molecule has 5 rings (SSSR count). The van der Waals surface area contributed by atoms with Crippen LogP contribution in [0.15, 0.2) is 77.3 Å². The molecule has 1 amide bonds. The molecule has 4 aromatic rings. The van der Waals surface area contributed by atoms with E-state index < -0.39 is 5.97 Å². The van der Waals surface area contributed by atoms with Crippen molar-refractivity contribution in [1.29, 1.82) is 0 Å². The minimum atomic E-state index is -0.518. The van der Waals surface area contributed by atoms with E-state index in [0.29, 0.717) is 64.9 Å². The van der Waals surface area contributed by atoms with Crippen molar-refractivity contribution in [2.75, 3.05) is 38.0 Å². The molecule has 12 heteroatoms. The van der Waals surface area contributed by atoms with Crippen molar-refractivity contribution in [3.63, 3.8) is 0 Å². The van der Waals surface area contributed by atoms with Gasteiger partial charge in [-0.1, -0.05) is 69.5 Å². The van der Waals surface area contributed by atoms with Crippen LogP contribution >= 0.6 is 39.1 Å². The van der Waals surface area contributed by atoms with Crippen LogP contribution in [0.1, 0.15) is 39.0 Å². The van der Waals surface area contributed by atoms with Gasteiger partial charge in [-0.15, -0.1) is 0 Å². The average molecular weight is 755 g/mol. The number of nitrogens with one attached hydrogen (secondary N) is 2. The molecule has 0 radical (unpaired) electrons. The maximum atomic E-state index is 13.5. The molecule has 0 spiro atoms. The first-order valence-corrected chi connectivity index (χ1v) is 16.7. The molecule has 1 fully saturated rings. The van der Waals surface area contributed by atoms with Crippen LogP contribution in [-0.4, -0.2) is 50.3 Å². The Kier molecular flexibility index (Phi) is 12.4. The van der Waals surface area contributed by atoms with Crippen LogP contribution < -0.4 is 20.1 Å². The minimum Gasteiger partial charge on any atom is -0.494 e. The van der Waals surface area contributed by atoms with Crippen molar-refractivity contribution in [2.45, 2.75) is 32.0 Å². The summed E-state index contributed by atoms with van der Waals surface area (Å²) in [6.07, 6.45) is 5.64.